The zero-order chi connectivity index (χ0) is 10.1. The molecule has 0 amide bonds. The van der Waals surface area contributed by atoms with E-state index < -0.39 is 11.7 Å². The van der Waals surface area contributed by atoms with E-state index in [1.165, 1.54) is 0 Å². The first-order valence-corrected chi connectivity index (χ1v) is 3.99. The van der Waals surface area contributed by atoms with E-state index >= 15 is 0 Å². The smallest absolute Gasteiger partial charge is 0.161 e. The van der Waals surface area contributed by atoms with Crippen molar-refractivity contribution in [3.63, 3.8) is 0 Å². The Morgan fingerprint density at radius 2 is 1.75 bits per heavy atom. The molecule has 0 aliphatic heterocycles. The quantitative estimate of drug-likeness (QED) is 0.559. The highest BCUT2D eigenvalue weighted by molar-refractivity contribution is 5.28. The Kier molecular flexibility index (Phi) is 9.31. The van der Waals surface area contributed by atoms with Crippen LogP contribution in [0.15, 0.2) is 36.5 Å². The Morgan fingerprint density at radius 3 is 2.00 bits per heavy atom. The average Bonchev–Trinajstić information content (AvgIpc) is 2.17. The standard InChI is InChI=1S/C8H10F2.C2H6/c1-4-6(3)8(10)7(9)5-2;1-2/h5H,2-4H2,1H3;1-2H3/b8-7-;. The van der Waals surface area contributed by atoms with Crippen molar-refractivity contribution < 1.29 is 8.78 Å². The van der Waals surface area contributed by atoms with E-state index in [0.717, 1.165) is 6.08 Å². The van der Waals surface area contributed by atoms with E-state index in [1.54, 1.807) is 6.92 Å². The maximum atomic E-state index is 12.5. The minimum absolute atomic E-state index is 0.164. The third-order valence-corrected chi connectivity index (χ3v) is 1.13. The monoisotopic (exact) mass is 174 g/mol. The highest BCUT2D eigenvalue weighted by atomic mass is 19.2. The van der Waals surface area contributed by atoms with Crippen LogP contribution in [0.1, 0.15) is 27.2 Å². The van der Waals surface area contributed by atoms with Gasteiger partial charge in [-0.3, -0.25) is 0 Å². The van der Waals surface area contributed by atoms with Crippen molar-refractivity contribution in [2.45, 2.75) is 27.2 Å². The van der Waals surface area contributed by atoms with Crippen LogP contribution in [0.25, 0.3) is 0 Å². The molecule has 0 rings (SSSR count). The first-order chi connectivity index (χ1) is 5.63. The van der Waals surface area contributed by atoms with Crippen molar-refractivity contribution >= 4 is 0 Å². The molecule has 0 aromatic rings. The fraction of sp³-hybridized carbons (Fsp3) is 0.400. The summed E-state index contributed by atoms with van der Waals surface area (Å²) in [5.41, 5.74) is 0.164. The maximum absolute atomic E-state index is 12.5. The molecule has 0 heterocycles. The first-order valence-electron chi connectivity index (χ1n) is 3.99. The van der Waals surface area contributed by atoms with Crippen LogP contribution in [0.5, 0.6) is 0 Å². The molecule has 70 valence electrons. The van der Waals surface area contributed by atoms with E-state index in [-0.39, 0.29) is 5.57 Å². The average molecular weight is 174 g/mol. The fourth-order valence-corrected chi connectivity index (χ4v) is 0.414. The van der Waals surface area contributed by atoms with Crippen molar-refractivity contribution in [1.82, 2.24) is 0 Å². The summed E-state index contributed by atoms with van der Waals surface area (Å²) >= 11 is 0. The molecule has 0 aliphatic rings. The molecule has 0 aliphatic carbocycles. The number of hydrogen-bond acceptors (Lipinski definition) is 0. The van der Waals surface area contributed by atoms with Gasteiger partial charge in [0.2, 0.25) is 0 Å². The predicted octanol–water partition coefficient (Wildman–Crippen LogP) is 4.32. The van der Waals surface area contributed by atoms with Crippen molar-refractivity contribution in [2.75, 3.05) is 0 Å². The van der Waals surface area contributed by atoms with Gasteiger partial charge in [-0.1, -0.05) is 33.9 Å². The molecule has 12 heavy (non-hydrogen) atoms. The molecule has 0 aromatic carbocycles. The van der Waals surface area contributed by atoms with Crippen LogP contribution in [-0.2, 0) is 0 Å². The lowest BCUT2D eigenvalue weighted by molar-refractivity contribution is 0.560. The molecule has 0 spiro atoms. The normalized spacial score (nSPS) is 10.8. The molecule has 0 aromatic heterocycles. The van der Waals surface area contributed by atoms with E-state index in [9.17, 15) is 8.78 Å². The van der Waals surface area contributed by atoms with Gasteiger partial charge in [0.05, 0.1) is 0 Å². The van der Waals surface area contributed by atoms with E-state index in [2.05, 4.69) is 13.2 Å². The summed E-state index contributed by atoms with van der Waals surface area (Å²) in [6.07, 6.45) is 1.24. The SMILES string of the molecule is C=C/C(F)=C(/F)C(=C)CC.CC. The van der Waals surface area contributed by atoms with Crippen molar-refractivity contribution in [2.24, 2.45) is 0 Å². The lowest BCUT2D eigenvalue weighted by Gasteiger charge is -1.96. The number of allylic oxidation sites excluding steroid dienone is 4. The molecule has 0 atom stereocenters. The van der Waals surface area contributed by atoms with Gasteiger partial charge in [0.1, 0.15) is 0 Å². The van der Waals surface area contributed by atoms with Gasteiger partial charge < -0.3 is 0 Å². The van der Waals surface area contributed by atoms with E-state index in [0.29, 0.717) is 6.42 Å². The van der Waals surface area contributed by atoms with Crippen LogP contribution in [0.2, 0.25) is 0 Å². The second-order valence-electron chi connectivity index (χ2n) is 1.82. The highest BCUT2D eigenvalue weighted by Gasteiger charge is 2.03. The molecule has 0 N–H and O–H groups in total. The molecule has 0 unspecified atom stereocenters. The Hall–Kier alpha value is -0.920. The second kappa shape index (κ2) is 8.18. The summed E-state index contributed by atoms with van der Waals surface area (Å²) < 4.78 is 24.8. The van der Waals surface area contributed by atoms with Crippen LogP contribution in [0.3, 0.4) is 0 Å². The summed E-state index contributed by atoms with van der Waals surface area (Å²) in [6.45, 7) is 12.1. The van der Waals surface area contributed by atoms with E-state index in [4.69, 9.17) is 0 Å². The van der Waals surface area contributed by atoms with Crippen LogP contribution >= 0.6 is 0 Å². The Balaban J connectivity index is 0. The van der Waals surface area contributed by atoms with Gasteiger partial charge in [-0.25, -0.2) is 8.78 Å². The number of hydrogen-bond donors (Lipinski definition) is 0. The molecule has 0 radical (unpaired) electrons. The fourth-order valence-electron chi connectivity index (χ4n) is 0.414. The minimum Gasteiger partial charge on any atom is -0.204 e. The van der Waals surface area contributed by atoms with Crippen molar-refractivity contribution in [3.8, 4) is 0 Å². The summed E-state index contributed by atoms with van der Waals surface area (Å²) in [7, 11) is 0. The van der Waals surface area contributed by atoms with Gasteiger partial charge in [-0.05, 0) is 18.1 Å². The topological polar surface area (TPSA) is 0 Å². The molecule has 0 saturated heterocycles. The van der Waals surface area contributed by atoms with Crippen molar-refractivity contribution in [3.05, 3.63) is 36.5 Å². The zero-order valence-corrected chi connectivity index (χ0v) is 7.95. The van der Waals surface area contributed by atoms with Gasteiger partial charge in [0, 0.05) is 0 Å². The summed E-state index contributed by atoms with van der Waals surface area (Å²) in [5.74, 6) is -1.83. The molecular weight excluding hydrogens is 158 g/mol. The largest absolute Gasteiger partial charge is 0.204 e. The van der Waals surface area contributed by atoms with Crippen LogP contribution < -0.4 is 0 Å². The molecule has 2 heteroatoms. The lowest BCUT2D eigenvalue weighted by Crippen LogP contribution is -1.81. The molecule has 0 saturated carbocycles. The lowest BCUT2D eigenvalue weighted by atomic mass is 10.2. The summed E-state index contributed by atoms with van der Waals surface area (Å²) in [5, 5.41) is 0. The van der Waals surface area contributed by atoms with Gasteiger partial charge in [-0.2, -0.15) is 0 Å². The van der Waals surface area contributed by atoms with Gasteiger partial charge in [0.15, 0.2) is 11.7 Å². The summed E-state index contributed by atoms with van der Waals surface area (Å²) in [4.78, 5) is 0. The van der Waals surface area contributed by atoms with Crippen LogP contribution in [-0.4, -0.2) is 0 Å². The van der Waals surface area contributed by atoms with Crippen molar-refractivity contribution in [1.29, 1.82) is 0 Å². The van der Waals surface area contributed by atoms with E-state index in [1.807, 2.05) is 13.8 Å². The van der Waals surface area contributed by atoms with Crippen LogP contribution in [0, 0.1) is 0 Å². The third kappa shape index (κ3) is 4.83. The Bertz CT molecular complexity index is 178. The predicted molar refractivity (Wildman–Crippen MR) is 50.2 cm³/mol. The minimum atomic E-state index is -0.938. The van der Waals surface area contributed by atoms with Crippen LogP contribution in [0.4, 0.5) is 8.78 Å². The highest BCUT2D eigenvalue weighted by Crippen LogP contribution is 2.18. The Labute approximate surface area is 73.3 Å². The van der Waals surface area contributed by atoms with Gasteiger partial charge >= 0.3 is 0 Å². The molecular formula is C10H16F2. The van der Waals surface area contributed by atoms with Gasteiger partial charge in [-0.15, -0.1) is 0 Å². The molecule has 0 fully saturated rings. The maximum Gasteiger partial charge on any atom is 0.161 e. The summed E-state index contributed by atoms with van der Waals surface area (Å²) in [6, 6.07) is 0. The molecule has 0 bridgehead atoms. The first kappa shape index (κ1) is 13.7. The number of rotatable bonds is 3. The zero-order valence-electron chi connectivity index (χ0n) is 7.95. The third-order valence-electron chi connectivity index (χ3n) is 1.13. The Morgan fingerprint density at radius 1 is 1.33 bits per heavy atom. The molecule has 0 nitrogen and oxygen atoms in total. The second-order valence-corrected chi connectivity index (χ2v) is 1.82. The number of halogens is 2. The van der Waals surface area contributed by atoms with Gasteiger partial charge in [0.25, 0.3) is 0 Å².